The topological polar surface area (TPSA) is 42.0 Å². The summed E-state index contributed by atoms with van der Waals surface area (Å²) in [4.78, 5) is 16.4. The first-order valence-corrected chi connectivity index (χ1v) is 10.2. The van der Waals surface area contributed by atoms with E-state index in [-0.39, 0.29) is 12.5 Å². The summed E-state index contributed by atoms with van der Waals surface area (Å²) < 4.78 is 46.3. The zero-order chi connectivity index (χ0) is 21.1. The van der Waals surface area contributed by atoms with Gasteiger partial charge in [0.1, 0.15) is 12.4 Å². The highest BCUT2D eigenvalue weighted by Gasteiger charge is 2.27. The Morgan fingerprint density at radius 1 is 1.07 bits per heavy atom. The van der Waals surface area contributed by atoms with E-state index < -0.39 is 12.8 Å². The lowest BCUT2D eigenvalue weighted by atomic mass is 10.2. The standard InChI is InChI=1S/C21H31F3N2O3/c1-18-6-4-7-19(16-18)29-15-3-2-8-20(27)26-12-10-25(11-13-26)9-5-14-28-17-21(22,23)24/h4,6-7,16H,2-3,5,8-15,17H2,1H3. The maximum Gasteiger partial charge on any atom is 0.411 e. The molecule has 164 valence electrons. The summed E-state index contributed by atoms with van der Waals surface area (Å²) in [6.07, 6.45) is -1.56. The Morgan fingerprint density at radius 3 is 2.52 bits per heavy atom. The van der Waals surface area contributed by atoms with Crippen molar-refractivity contribution in [2.24, 2.45) is 0 Å². The number of halogens is 3. The zero-order valence-electron chi connectivity index (χ0n) is 17.0. The summed E-state index contributed by atoms with van der Waals surface area (Å²) in [6, 6.07) is 7.91. The van der Waals surface area contributed by atoms with Crippen molar-refractivity contribution in [3.05, 3.63) is 29.8 Å². The van der Waals surface area contributed by atoms with Crippen LogP contribution in [0, 0.1) is 6.92 Å². The molecule has 0 bridgehead atoms. The van der Waals surface area contributed by atoms with Crippen molar-refractivity contribution in [1.82, 2.24) is 9.80 Å². The molecular formula is C21H31F3N2O3. The Balaban J connectivity index is 1.50. The third kappa shape index (κ3) is 9.99. The molecule has 1 aromatic carbocycles. The first-order valence-electron chi connectivity index (χ1n) is 10.2. The Labute approximate surface area is 170 Å². The maximum absolute atomic E-state index is 12.3. The number of benzene rings is 1. The number of hydrogen-bond donors (Lipinski definition) is 0. The number of ether oxygens (including phenoxy) is 2. The van der Waals surface area contributed by atoms with Gasteiger partial charge in [-0.1, -0.05) is 12.1 Å². The van der Waals surface area contributed by atoms with Crippen LogP contribution in [-0.4, -0.2) is 74.4 Å². The van der Waals surface area contributed by atoms with Crippen LogP contribution in [0.1, 0.15) is 31.2 Å². The lowest BCUT2D eigenvalue weighted by molar-refractivity contribution is -0.174. The van der Waals surface area contributed by atoms with Crippen molar-refractivity contribution in [1.29, 1.82) is 0 Å². The van der Waals surface area contributed by atoms with Crippen molar-refractivity contribution in [2.75, 3.05) is 52.5 Å². The molecule has 0 radical (unpaired) electrons. The molecule has 1 fully saturated rings. The van der Waals surface area contributed by atoms with Crippen molar-refractivity contribution >= 4 is 5.91 Å². The minimum Gasteiger partial charge on any atom is -0.494 e. The Morgan fingerprint density at radius 2 is 1.83 bits per heavy atom. The molecule has 1 heterocycles. The predicted molar refractivity (Wildman–Crippen MR) is 105 cm³/mol. The molecule has 2 rings (SSSR count). The Kier molecular flexibility index (Phi) is 9.73. The molecule has 0 saturated carbocycles. The summed E-state index contributed by atoms with van der Waals surface area (Å²) in [5, 5.41) is 0. The molecule has 1 amide bonds. The predicted octanol–water partition coefficient (Wildman–Crippen LogP) is 3.66. The van der Waals surface area contributed by atoms with E-state index in [0.29, 0.717) is 39.1 Å². The van der Waals surface area contributed by atoms with Crippen molar-refractivity contribution < 1.29 is 27.4 Å². The summed E-state index contributed by atoms with van der Waals surface area (Å²) in [6.45, 7) is 5.06. The van der Waals surface area contributed by atoms with Crippen LogP contribution in [0.2, 0.25) is 0 Å². The molecule has 0 N–H and O–H groups in total. The highest BCUT2D eigenvalue weighted by atomic mass is 19.4. The number of alkyl halides is 3. The third-order valence-electron chi connectivity index (χ3n) is 4.80. The van der Waals surface area contributed by atoms with Crippen molar-refractivity contribution in [2.45, 2.75) is 38.8 Å². The van der Waals surface area contributed by atoms with Crippen LogP contribution in [-0.2, 0) is 9.53 Å². The van der Waals surface area contributed by atoms with Crippen molar-refractivity contribution in [3.8, 4) is 5.75 Å². The summed E-state index contributed by atoms with van der Waals surface area (Å²) in [5.41, 5.74) is 1.16. The molecule has 1 saturated heterocycles. The molecule has 0 unspecified atom stereocenters. The highest BCUT2D eigenvalue weighted by molar-refractivity contribution is 5.76. The molecule has 1 aromatic rings. The van der Waals surface area contributed by atoms with E-state index in [0.717, 1.165) is 37.2 Å². The Bertz CT molecular complexity index is 617. The van der Waals surface area contributed by atoms with E-state index in [1.54, 1.807) is 0 Å². The van der Waals surface area contributed by atoms with Gasteiger partial charge in [-0.05, 0) is 43.9 Å². The minimum absolute atomic E-state index is 0.100. The molecule has 5 nitrogen and oxygen atoms in total. The molecule has 1 aliphatic rings. The van der Waals surface area contributed by atoms with Gasteiger partial charge in [0.05, 0.1) is 6.61 Å². The minimum atomic E-state index is -4.27. The van der Waals surface area contributed by atoms with E-state index in [4.69, 9.17) is 4.74 Å². The van der Waals surface area contributed by atoms with Crippen LogP contribution in [0.3, 0.4) is 0 Å². The molecule has 0 aromatic heterocycles. The van der Waals surface area contributed by atoms with Gasteiger partial charge >= 0.3 is 6.18 Å². The van der Waals surface area contributed by atoms with Crippen LogP contribution in [0.15, 0.2) is 24.3 Å². The maximum atomic E-state index is 12.3. The fourth-order valence-corrected chi connectivity index (χ4v) is 3.23. The monoisotopic (exact) mass is 416 g/mol. The number of piperazine rings is 1. The van der Waals surface area contributed by atoms with Crippen LogP contribution in [0.25, 0.3) is 0 Å². The van der Waals surface area contributed by atoms with Crippen molar-refractivity contribution in [3.63, 3.8) is 0 Å². The molecule has 0 spiro atoms. The Hall–Kier alpha value is -1.80. The highest BCUT2D eigenvalue weighted by Crippen LogP contribution is 2.15. The number of rotatable bonds is 11. The van der Waals surface area contributed by atoms with Crippen LogP contribution >= 0.6 is 0 Å². The SMILES string of the molecule is Cc1cccc(OCCCCC(=O)N2CCN(CCCOCC(F)(F)F)CC2)c1. The molecule has 1 aliphatic heterocycles. The average Bonchev–Trinajstić information content (AvgIpc) is 2.67. The van der Waals surface area contributed by atoms with E-state index in [1.807, 2.05) is 36.1 Å². The summed E-state index contributed by atoms with van der Waals surface area (Å²) in [5.74, 6) is 1.02. The van der Waals surface area contributed by atoms with Gasteiger partial charge in [0.15, 0.2) is 0 Å². The largest absolute Gasteiger partial charge is 0.494 e. The number of amides is 1. The van der Waals surface area contributed by atoms with E-state index in [1.165, 1.54) is 0 Å². The number of carbonyl (C=O) groups excluding carboxylic acids is 1. The third-order valence-corrected chi connectivity index (χ3v) is 4.80. The van der Waals surface area contributed by atoms with Crippen LogP contribution < -0.4 is 4.74 Å². The van der Waals surface area contributed by atoms with E-state index in [9.17, 15) is 18.0 Å². The number of carbonyl (C=O) groups is 1. The van der Waals surface area contributed by atoms with Gasteiger partial charge in [-0.25, -0.2) is 0 Å². The lowest BCUT2D eigenvalue weighted by Gasteiger charge is -2.34. The molecular weight excluding hydrogens is 385 g/mol. The number of hydrogen-bond acceptors (Lipinski definition) is 4. The molecule has 0 atom stereocenters. The quantitative estimate of drug-likeness (QED) is 0.517. The number of unbranched alkanes of at least 4 members (excludes halogenated alkanes) is 1. The van der Waals surface area contributed by atoms with Gasteiger partial charge in [-0.3, -0.25) is 9.69 Å². The fourth-order valence-electron chi connectivity index (χ4n) is 3.23. The second-order valence-corrected chi connectivity index (χ2v) is 7.37. The van der Waals surface area contributed by atoms with Gasteiger partial charge in [0, 0.05) is 45.8 Å². The number of nitrogens with zero attached hydrogens (tertiary/aromatic N) is 2. The fraction of sp³-hybridized carbons (Fsp3) is 0.667. The van der Waals surface area contributed by atoms with E-state index in [2.05, 4.69) is 9.64 Å². The molecule has 8 heteroatoms. The van der Waals surface area contributed by atoms with Gasteiger partial charge in [0.25, 0.3) is 0 Å². The van der Waals surface area contributed by atoms with Crippen LogP contribution in [0.4, 0.5) is 13.2 Å². The smallest absolute Gasteiger partial charge is 0.411 e. The lowest BCUT2D eigenvalue weighted by Crippen LogP contribution is -2.48. The summed E-state index contributed by atoms with van der Waals surface area (Å²) >= 11 is 0. The average molecular weight is 416 g/mol. The molecule has 0 aliphatic carbocycles. The van der Waals surface area contributed by atoms with Gasteiger partial charge in [0.2, 0.25) is 5.91 Å². The second kappa shape index (κ2) is 12.0. The number of aryl methyl sites for hydroxylation is 1. The van der Waals surface area contributed by atoms with Gasteiger partial charge in [-0.15, -0.1) is 0 Å². The first-order chi connectivity index (χ1) is 13.8. The first kappa shape index (κ1) is 23.5. The van der Waals surface area contributed by atoms with E-state index >= 15 is 0 Å². The van der Waals surface area contributed by atoms with Crippen LogP contribution in [0.5, 0.6) is 5.75 Å². The van der Waals surface area contributed by atoms with Gasteiger partial charge < -0.3 is 14.4 Å². The summed E-state index contributed by atoms with van der Waals surface area (Å²) in [7, 11) is 0. The second-order valence-electron chi connectivity index (χ2n) is 7.37. The zero-order valence-corrected chi connectivity index (χ0v) is 17.0. The normalized spacial score (nSPS) is 15.5. The van der Waals surface area contributed by atoms with Gasteiger partial charge in [-0.2, -0.15) is 13.2 Å². The molecule has 29 heavy (non-hydrogen) atoms.